The molecule has 0 aromatic heterocycles. The summed E-state index contributed by atoms with van der Waals surface area (Å²) in [5, 5.41) is 0. The van der Waals surface area contributed by atoms with Gasteiger partial charge in [0, 0.05) is 6.92 Å². The lowest BCUT2D eigenvalue weighted by molar-refractivity contribution is -0.144. The van der Waals surface area contributed by atoms with E-state index in [2.05, 4.69) is 5.92 Å². The van der Waals surface area contributed by atoms with E-state index in [9.17, 15) is 4.79 Å². The minimum absolute atomic E-state index is 0.220. The van der Waals surface area contributed by atoms with Gasteiger partial charge in [-0.25, -0.2) is 0 Å². The number of ether oxygens (including phenoxy) is 1. The highest BCUT2D eigenvalue weighted by Crippen LogP contribution is 2.00. The SMILES string of the molecule is C#C[CH]C(CC)OC(C)=O. The number of carbonyl (C=O) groups is 1. The average molecular weight is 139 g/mol. The average Bonchev–Trinajstić information content (AvgIpc) is 1.86. The molecule has 2 nitrogen and oxygen atoms in total. The Hall–Kier alpha value is -0.970. The number of esters is 1. The molecule has 0 aliphatic carbocycles. The number of hydrogen-bond donors (Lipinski definition) is 0. The molecule has 0 saturated carbocycles. The minimum atomic E-state index is -0.293. The summed E-state index contributed by atoms with van der Waals surface area (Å²) >= 11 is 0. The topological polar surface area (TPSA) is 26.3 Å². The molecule has 10 heavy (non-hydrogen) atoms. The Labute approximate surface area is 61.6 Å². The summed E-state index contributed by atoms with van der Waals surface area (Å²) in [4.78, 5) is 10.4. The van der Waals surface area contributed by atoms with Gasteiger partial charge in [0.25, 0.3) is 0 Å². The molecule has 0 aliphatic heterocycles. The highest BCUT2D eigenvalue weighted by atomic mass is 16.5. The van der Waals surface area contributed by atoms with Gasteiger partial charge in [-0.1, -0.05) is 12.8 Å². The first-order chi connectivity index (χ1) is 4.70. The van der Waals surface area contributed by atoms with Crippen molar-refractivity contribution in [2.75, 3.05) is 0 Å². The quantitative estimate of drug-likeness (QED) is 0.433. The lowest BCUT2D eigenvalue weighted by Gasteiger charge is -2.10. The molecule has 0 rings (SSSR count). The zero-order chi connectivity index (χ0) is 7.98. The fourth-order valence-electron chi connectivity index (χ4n) is 0.556. The van der Waals surface area contributed by atoms with Gasteiger partial charge in [-0.2, -0.15) is 0 Å². The first-order valence-corrected chi connectivity index (χ1v) is 3.17. The second-order valence-electron chi connectivity index (χ2n) is 1.89. The van der Waals surface area contributed by atoms with Gasteiger partial charge in [0.2, 0.25) is 0 Å². The van der Waals surface area contributed by atoms with Gasteiger partial charge in [-0.3, -0.25) is 4.79 Å². The fourth-order valence-corrected chi connectivity index (χ4v) is 0.556. The first-order valence-electron chi connectivity index (χ1n) is 3.17. The van der Waals surface area contributed by atoms with Crippen molar-refractivity contribution in [2.45, 2.75) is 26.4 Å². The van der Waals surface area contributed by atoms with E-state index in [4.69, 9.17) is 11.2 Å². The van der Waals surface area contributed by atoms with Crippen molar-refractivity contribution >= 4 is 5.97 Å². The molecule has 1 atom stereocenters. The standard InChI is InChI=1S/C8H11O2/c1-4-6-8(5-2)10-7(3)9/h1,6,8H,5H2,2-3H3. The second-order valence-corrected chi connectivity index (χ2v) is 1.89. The number of hydrogen-bond acceptors (Lipinski definition) is 2. The molecular weight excluding hydrogens is 128 g/mol. The van der Waals surface area contributed by atoms with Crippen LogP contribution in [0.25, 0.3) is 0 Å². The van der Waals surface area contributed by atoms with Crippen molar-refractivity contribution in [1.82, 2.24) is 0 Å². The molecule has 0 heterocycles. The van der Waals surface area contributed by atoms with E-state index in [1.807, 2.05) is 6.92 Å². The van der Waals surface area contributed by atoms with Crippen LogP contribution >= 0.6 is 0 Å². The molecule has 0 aromatic carbocycles. The first kappa shape index (κ1) is 9.03. The Morgan fingerprint density at radius 1 is 1.90 bits per heavy atom. The number of rotatable bonds is 3. The minimum Gasteiger partial charge on any atom is -0.461 e. The molecule has 0 fully saturated rings. The summed E-state index contributed by atoms with van der Waals surface area (Å²) in [6.07, 6.45) is 7.02. The molecule has 0 bridgehead atoms. The van der Waals surface area contributed by atoms with E-state index in [1.54, 1.807) is 0 Å². The summed E-state index contributed by atoms with van der Waals surface area (Å²) in [7, 11) is 0. The largest absolute Gasteiger partial charge is 0.461 e. The number of carbonyl (C=O) groups excluding carboxylic acids is 1. The van der Waals surface area contributed by atoms with Crippen molar-refractivity contribution in [1.29, 1.82) is 0 Å². The van der Waals surface area contributed by atoms with E-state index >= 15 is 0 Å². The Kier molecular flexibility index (Phi) is 4.39. The van der Waals surface area contributed by atoms with Crippen LogP contribution in [-0.2, 0) is 9.53 Å². The predicted molar refractivity (Wildman–Crippen MR) is 39.0 cm³/mol. The Morgan fingerprint density at radius 3 is 2.80 bits per heavy atom. The molecule has 1 radical (unpaired) electrons. The molecule has 0 N–H and O–H groups in total. The van der Waals surface area contributed by atoms with Crippen LogP contribution in [-0.4, -0.2) is 12.1 Å². The van der Waals surface area contributed by atoms with E-state index in [-0.39, 0.29) is 12.1 Å². The van der Waals surface area contributed by atoms with Gasteiger partial charge in [-0.15, -0.1) is 6.42 Å². The third-order valence-corrected chi connectivity index (χ3v) is 1.00. The summed E-state index contributed by atoms with van der Waals surface area (Å²) in [6.45, 7) is 3.27. The van der Waals surface area contributed by atoms with Crippen LogP contribution < -0.4 is 0 Å². The van der Waals surface area contributed by atoms with Gasteiger partial charge < -0.3 is 4.74 Å². The third kappa shape index (κ3) is 3.96. The van der Waals surface area contributed by atoms with Crippen LogP contribution in [0.5, 0.6) is 0 Å². The van der Waals surface area contributed by atoms with Gasteiger partial charge in [-0.05, 0) is 6.42 Å². The molecule has 0 saturated heterocycles. The van der Waals surface area contributed by atoms with E-state index < -0.39 is 0 Å². The van der Waals surface area contributed by atoms with Gasteiger partial charge in [0.15, 0.2) is 0 Å². The van der Waals surface area contributed by atoms with Crippen LogP contribution in [0.1, 0.15) is 20.3 Å². The van der Waals surface area contributed by atoms with E-state index in [0.29, 0.717) is 0 Å². The Balaban J connectivity index is 3.62. The van der Waals surface area contributed by atoms with Crippen LogP contribution in [0.2, 0.25) is 0 Å². The molecular formula is C8H11O2. The lowest BCUT2D eigenvalue weighted by Crippen LogP contribution is -2.14. The van der Waals surface area contributed by atoms with Crippen LogP contribution in [0.3, 0.4) is 0 Å². The normalized spacial score (nSPS) is 11.7. The molecule has 0 aromatic rings. The van der Waals surface area contributed by atoms with Gasteiger partial charge >= 0.3 is 5.97 Å². The molecule has 55 valence electrons. The Morgan fingerprint density at radius 2 is 2.50 bits per heavy atom. The van der Waals surface area contributed by atoms with Crippen molar-refractivity contribution in [3.8, 4) is 12.3 Å². The molecule has 0 amide bonds. The fraction of sp³-hybridized carbons (Fsp3) is 0.500. The Bertz CT molecular complexity index is 144. The maximum Gasteiger partial charge on any atom is 0.302 e. The van der Waals surface area contributed by atoms with Crippen LogP contribution in [0.4, 0.5) is 0 Å². The maximum absolute atomic E-state index is 10.4. The van der Waals surface area contributed by atoms with Crippen molar-refractivity contribution in [3.63, 3.8) is 0 Å². The monoisotopic (exact) mass is 139 g/mol. The summed E-state index contributed by atoms with van der Waals surface area (Å²) in [5.74, 6) is 2.03. The van der Waals surface area contributed by atoms with E-state index in [1.165, 1.54) is 13.3 Å². The summed E-state index contributed by atoms with van der Waals surface area (Å²) in [5.41, 5.74) is 0. The smallest absolute Gasteiger partial charge is 0.302 e. The molecule has 0 aliphatic rings. The van der Waals surface area contributed by atoms with Gasteiger partial charge in [0.05, 0.1) is 6.42 Å². The van der Waals surface area contributed by atoms with Crippen LogP contribution in [0.15, 0.2) is 0 Å². The zero-order valence-corrected chi connectivity index (χ0v) is 6.26. The highest BCUT2D eigenvalue weighted by molar-refractivity contribution is 5.66. The molecule has 0 spiro atoms. The second kappa shape index (κ2) is 4.87. The number of terminal acetylenes is 1. The summed E-state index contributed by atoms with van der Waals surface area (Å²) < 4.78 is 4.80. The van der Waals surface area contributed by atoms with Crippen molar-refractivity contribution in [3.05, 3.63) is 6.42 Å². The maximum atomic E-state index is 10.4. The zero-order valence-electron chi connectivity index (χ0n) is 6.26. The van der Waals surface area contributed by atoms with Gasteiger partial charge in [0.1, 0.15) is 6.10 Å². The summed E-state index contributed by atoms with van der Waals surface area (Å²) in [6, 6.07) is 0. The highest BCUT2D eigenvalue weighted by Gasteiger charge is 2.06. The predicted octanol–water partition coefficient (Wildman–Crippen LogP) is 1.17. The van der Waals surface area contributed by atoms with Crippen LogP contribution in [0, 0.1) is 18.8 Å². The third-order valence-electron chi connectivity index (χ3n) is 1.00. The molecule has 1 unspecified atom stereocenters. The molecule has 2 heteroatoms. The van der Waals surface area contributed by atoms with Crippen molar-refractivity contribution < 1.29 is 9.53 Å². The lowest BCUT2D eigenvalue weighted by atomic mass is 10.2. The van der Waals surface area contributed by atoms with E-state index in [0.717, 1.165) is 6.42 Å². The van der Waals surface area contributed by atoms with Crippen molar-refractivity contribution in [2.24, 2.45) is 0 Å².